The van der Waals surface area contributed by atoms with Gasteiger partial charge in [0, 0.05) is 30.2 Å². The molecule has 0 aliphatic carbocycles. The number of anilines is 1. The second-order valence-electron chi connectivity index (χ2n) is 7.88. The van der Waals surface area contributed by atoms with E-state index in [9.17, 15) is 4.79 Å². The fourth-order valence-corrected chi connectivity index (χ4v) is 5.15. The number of carbonyl (C=O) groups is 1. The summed E-state index contributed by atoms with van der Waals surface area (Å²) in [5, 5.41) is 5.82. The smallest absolute Gasteiger partial charge is 0.252 e. The standard InChI is InChI=1S/C24H22ClN3OS/c25-18-8-9-20-19(15-18)22(21-7-4-14-30-21)27-24(23(29)26-20)10-12-28(13-11-24)16-17-5-2-1-3-6-17/h1-9,14-15H,10-13,16H2,(H,26,29). The average molecular weight is 436 g/mol. The van der Waals surface area contributed by atoms with Crippen molar-refractivity contribution in [3.8, 4) is 0 Å². The van der Waals surface area contributed by atoms with Crippen molar-refractivity contribution in [2.24, 2.45) is 4.99 Å². The number of nitrogens with one attached hydrogen (secondary N) is 1. The predicted molar refractivity (Wildman–Crippen MR) is 124 cm³/mol. The summed E-state index contributed by atoms with van der Waals surface area (Å²) < 4.78 is 0. The number of benzene rings is 2. The van der Waals surface area contributed by atoms with E-state index in [0.717, 1.165) is 41.5 Å². The number of fused-ring (bicyclic) bond motifs is 1. The van der Waals surface area contributed by atoms with E-state index in [1.165, 1.54) is 5.56 Å². The van der Waals surface area contributed by atoms with Crippen LogP contribution in [0, 0.1) is 0 Å². The van der Waals surface area contributed by atoms with E-state index in [2.05, 4.69) is 40.5 Å². The number of amides is 1. The average Bonchev–Trinajstić information content (AvgIpc) is 3.27. The molecular formula is C24H22ClN3OS. The van der Waals surface area contributed by atoms with Crippen molar-refractivity contribution >= 4 is 40.2 Å². The molecule has 1 aromatic heterocycles. The van der Waals surface area contributed by atoms with Gasteiger partial charge in [-0.3, -0.25) is 14.7 Å². The van der Waals surface area contributed by atoms with Crippen molar-refractivity contribution in [3.05, 3.63) is 87.1 Å². The molecule has 0 unspecified atom stereocenters. The zero-order valence-electron chi connectivity index (χ0n) is 16.5. The van der Waals surface area contributed by atoms with Gasteiger partial charge >= 0.3 is 0 Å². The van der Waals surface area contributed by atoms with Crippen LogP contribution in [0.4, 0.5) is 5.69 Å². The molecule has 0 saturated carbocycles. The van der Waals surface area contributed by atoms with Crippen LogP contribution >= 0.6 is 22.9 Å². The van der Waals surface area contributed by atoms with Crippen LogP contribution in [0.15, 0.2) is 71.0 Å². The molecule has 2 aliphatic heterocycles. The van der Waals surface area contributed by atoms with E-state index in [1.807, 2.05) is 35.7 Å². The normalized spacial score (nSPS) is 18.4. The van der Waals surface area contributed by atoms with E-state index in [4.69, 9.17) is 16.6 Å². The van der Waals surface area contributed by atoms with Crippen LogP contribution < -0.4 is 5.32 Å². The maximum Gasteiger partial charge on any atom is 0.252 e. The lowest BCUT2D eigenvalue weighted by atomic mass is 9.86. The van der Waals surface area contributed by atoms with E-state index in [-0.39, 0.29) is 5.91 Å². The van der Waals surface area contributed by atoms with Gasteiger partial charge in [-0.15, -0.1) is 11.3 Å². The minimum Gasteiger partial charge on any atom is -0.323 e. The predicted octanol–water partition coefficient (Wildman–Crippen LogP) is 5.23. The molecule has 152 valence electrons. The van der Waals surface area contributed by atoms with Crippen LogP contribution in [-0.2, 0) is 11.3 Å². The number of piperidine rings is 1. The molecule has 1 saturated heterocycles. The molecule has 6 heteroatoms. The zero-order chi connectivity index (χ0) is 20.6. The fraction of sp³-hybridized carbons (Fsp3) is 0.250. The highest BCUT2D eigenvalue weighted by molar-refractivity contribution is 7.12. The molecule has 3 aromatic rings. The molecular weight excluding hydrogens is 414 g/mol. The maximum absolute atomic E-state index is 13.4. The number of rotatable bonds is 3. The minimum atomic E-state index is -0.752. The topological polar surface area (TPSA) is 44.7 Å². The first-order valence-electron chi connectivity index (χ1n) is 10.1. The molecule has 1 N–H and O–H groups in total. The number of carbonyl (C=O) groups excluding carboxylic acids is 1. The molecule has 0 atom stereocenters. The lowest BCUT2D eigenvalue weighted by Gasteiger charge is -2.37. The molecule has 30 heavy (non-hydrogen) atoms. The number of nitrogens with zero attached hydrogens (tertiary/aromatic N) is 2. The molecule has 4 nitrogen and oxygen atoms in total. The van der Waals surface area contributed by atoms with Crippen molar-refractivity contribution in [3.63, 3.8) is 0 Å². The second-order valence-corrected chi connectivity index (χ2v) is 9.26. The van der Waals surface area contributed by atoms with Gasteiger partial charge in [-0.2, -0.15) is 0 Å². The lowest BCUT2D eigenvalue weighted by Crippen LogP contribution is -2.50. The highest BCUT2D eigenvalue weighted by atomic mass is 35.5. The molecule has 0 bridgehead atoms. The van der Waals surface area contributed by atoms with Crippen LogP contribution in [0.5, 0.6) is 0 Å². The highest BCUT2D eigenvalue weighted by Gasteiger charge is 2.43. The second kappa shape index (κ2) is 7.99. The maximum atomic E-state index is 13.4. The molecule has 2 aliphatic rings. The quantitative estimate of drug-likeness (QED) is 0.612. The summed E-state index contributed by atoms with van der Waals surface area (Å²) in [5.74, 6) is -0.0167. The van der Waals surface area contributed by atoms with Gasteiger partial charge < -0.3 is 5.32 Å². The monoisotopic (exact) mass is 435 g/mol. The Morgan fingerprint density at radius 2 is 1.87 bits per heavy atom. The van der Waals surface area contributed by atoms with Crippen LogP contribution in [-0.4, -0.2) is 35.1 Å². The summed E-state index contributed by atoms with van der Waals surface area (Å²) in [7, 11) is 0. The van der Waals surface area contributed by atoms with Gasteiger partial charge in [0.2, 0.25) is 0 Å². The Labute approximate surface area is 185 Å². The first kappa shape index (κ1) is 19.5. The summed E-state index contributed by atoms with van der Waals surface area (Å²) >= 11 is 7.93. The van der Waals surface area contributed by atoms with Crippen molar-refractivity contribution in [1.29, 1.82) is 0 Å². The van der Waals surface area contributed by atoms with Crippen LogP contribution in [0.2, 0.25) is 5.02 Å². The minimum absolute atomic E-state index is 0.0167. The Morgan fingerprint density at radius 1 is 1.07 bits per heavy atom. The van der Waals surface area contributed by atoms with Gasteiger partial charge in [-0.25, -0.2) is 0 Å². The van der Waals surface area contributed by atoms with Crippen molar-refractivity contribution in [1.82, 2.24) is 4.90 Å². The number of likely N-dealkylation sites (tertiary alicyclic amines) is 1. The summed E-state index contributed by atoms with van der Waals surface area (Å²) in [6.07, 6.45) is 1.39. The van der Waals surface area contributed by atoms with E-state index in [0.29, 0.717) is 17.9 Å². The Kier molecular flexibility index (Phi) is 5.19. The largest absolute Gasteiger partial charge is 0.323 e. The molecule has 1 amide bonds. The molecule has 5 rings (SSSR count). The number of aliphatic imine (C=N–C) groups is 1. The summed E-state index contributed by atoms with van der Waals surface area (Å²) in [6, 6.07) is 20.1. The summed E-state index contributed by atoms with van der Waals surface area (Å²) in [6.45, 7) is 2.57. The van der Waals surface area contributed by atoms with Gasteiger partial charge in [-0.05, 0) is 48.1 Å². The summed E-state index contributed by atoms with van der Waals surface area (Å²) in [4.78, 5) is 22.0. The zero-order valence-corrected chi connectivity index (χ0v) is 18.0. The molecule has 2 aromatic carbocycles. The Bertz CT molecular complexity index is 1090. The van der Waals surface area contributed by atoms with Gasteiger partial charge in [0.05, 0.1) is 16.3 Å². The number of halogens is 1. The number of hydrogen-bond donors (Lipinski definition) is 1. The first-order chi connectivity index (χ1) is 14.6. The first-order valence-corrected chi connectivity index (χ1v) is 11.4. The van der Waals surface area contributed by atoms with Gasteiger partial charge in [0.25, 0.3) is 5.91 Å². The number of thiophene rings is 1. The molecule has 0 radical (unpaired) electrons. The van der Waals surface area contributed by atoms with Crippen molar-refractivity contribution < 1.29 is 4.79 Å². The fourth-order valence-electron chi connectivity index (χ4n) is 4.25. The Morgan fingerprint density at radius 3 is 2.60 bits per heavy atom. The van der Waals surface area contributed by atoms with Crippen LogP contribution in [0.3, 0.4) is 0 Å². The third-order valence-corrected chi connectivity index (χ3v) is 7.03. The lowest BCUT2D eigenvalue weighted by molar-refractivity contribution is -0.122. The SMILES string of the molecule is O=C1Nc2ccc(Cl)cc2C(c2cccs2)=NC12CCN(Cc1ccccc1)CC2. The van der Waals surface area contributed by atoms with Gasteiger partial charge in [0.15, 0.2) is 0 Å². The number of hydrogen-bond acceptors (Lipinski definition) is 4. The van der Waals surface area contributed by atoms with Gasteiger partial charge in [-0.1, -0.05) is 48.0 Å². The van der Waals surface area contributed by atoms with E-state index < -0.39 is 5.54 Å². The van der Waals surface area contributed by atoms with Gasteiger partial charge in [0.1, 0.15) is 5.54 Å². The van der Waals surface area contributed by atoms with Crippen molar-refractivity contribution in [2.75, 3.05) is 18.4 Å². The third-order valence-electron chi connectivity index (χ3n) is 5.92. The molecule has 3 heterocycles. The Balaban J connectivity index is 1.47. The Hall–Kier alpha value is -2.47. The third kappa shape index (κ3) is 3.69. The van der Waals surface area contributed by atoms with Crippen molar-refractivity contribution in [2.45, 2.75) is 24.9 Å². The van der Waals surface area contributed by atoms with Crippen LogP contribution in [0.1, 0.15) is 28.8 Å². The van der Waals surface area contributed by atoms with Crippen LogP contribution in [0.25, 0.3) is 0 Å². The molecule has 1 spiro atoms. The van der Waals surface area contributed by atoms with E-state index in [1.54, 1.807) is 11.3 Å². The van der Waals surface area contributed by atoms with E-state index >= 15 is 0 Å². The summed E-state index contributed by atoms with van der Waals surface area (Å²) in [5.41, 5.74) is 3.07. The highest BCUT2D eigenvalue weighted by Crippen LogP contribution is 2.36. The molecule has 1 fully saturated rings.